The Morgan fingerprint density at radius 3 is 3.00 bits per heavy atom. The number of nitrogens with zero attached hydrogens (tertiary/aromatic N) is 2. The second kappa shape index (κ2) is 6.58. The highest BCUT2D eigenvalue weighted by molar-refractivity contribution is 5.17. The normalized spacial score (nSPS) is 22.9. The van der Waals surface area contributed by atoms with Crippen molar-refractivity contribution in [1.82, 2.24) is 15.1 Å². The first-order valence-corrected chi connectivity index (χ1v) is 7.75. The largest absolute Gasteiger partial charge is 0.391 e. The lowest BCUT2D eigenvalue weighted by Crippen LogP contribution is -2.44. The first-order valence-electron chi connectivity index (χ1n) is 7.75. The number of aliphatic hydroxyl groups excluding tert-OH is 1. The van der Waals surface area contributed by atoms with E-state index in [-0.39, 0.29) is 17.8 Å². The zero-order chi connectivity index (χ0) is 15.5. The average Bonchev–Trinajstić information content (AvgIpc) is 2.87. The van der Waals surface area contributed by atoms with Gasteiger partial charge in [0.05, 0.1) is 12.3 Å². The van der Waals surface area contributed by atoms with Crippen molar-refractivity contribution in [3.05, 3.63) is 53.1 Å². The van der Waals surface area contributed by atoms with Crippen LogP contribution in [0.3, 0.4) is 0 Å². The van der Waals surface area contributed by atoms with Gasteiger partial charge in [-0.15, -0.1) is 0 Å². The van der Waals surface area contributed by atoms with Crippen molar-refractivity contribution in [3.8, 4) is 0 Å². The van der Waals surface area contributed by atoms with Crippen LogP contribution in [0.5, 0.6) is 0 Å². The highest BCUT2D eigenvalue weighted by atomic mass is 19.1. The van der Waals surface area contributed by atoms with E-state index in [1.165, 1.54) is 11.6 Å². The molecule has 1 aromatic heterocycles. The molecule has 2 atom stereocenters. The lowest BCUT2D eigenvalue weighted by molar-refractivity contribution is 0.0187. The summed E-state index contributed by atoms with van der Waals surface area (Å²) in [5.74, 6) is -0.0108. The Bertz CT molecular complexity index is 628. The molecule has 0 unspecified atom stereocenters. The van der Waals surface area contributed by atoms with E-state index >= 15 is 0 Å². The topological polar surface area (TPSA) is 52.2 Å². The number of benzene rings is 1. The van der Waals surface area contributed by atoms with Crippen molar-refractivity contribution in [1.29, 1.82) is 0 Å². The van der Waals surface area contributed by atoms with Crippen LogP contribution in [0.1, 0.15) is 23.2 Å². The van der Waals surface area contributed by atoms with Gasteiger partial charge in [0.1, 0.15) is 5.82 Å². The molecule has 0 amide bonds. The summed E-state index contributed by atoms with van der Waals surface area (Å²) in [7, 11) is 0. The predicted molar refractivity (Wildman–Crippen MR) is 82.8 cm³/mol. The Labute approximate surface area is 130 Å². The highest BCUT2D eigenvalue weighted by Gasteiger charge is 2.28. The molecule has 0 saturated carbocycles. The number of rotatable bonds is 4. The van der Waals surface area contributed by atoms with Crippen LogP contribution in [0.15, 0.2) is 30.5 Å². The quantitative estimate of drug-likeness (QED) is 0.911. The van der Waals surface area contributed by atoms with E-state index in [1.54, 1.807) is 12.1 Å². The van der Waals surface area contributed by atoms with Crippen LogP contribution in [0.2, 0.25) is 0 Å². The van der Waals surface area contributed by atoms with E-state index in [4.69, 9.17) is 0 Å². The fourth-order valence-corrected chi connectivity index (χ4v) is 3.17. The minimum Gasteiger partial charge on any atom is -0.391 e. The summed E-state index contributed by atoms with van der Waals surface area (Å²) in [5, 5.41) is 17.4. The van der Waals surface area contributed by atoms with Crippen molar-refractivity contribution in [2.75, 3.05) is 13.1 Å². The first kappa shape index (κ1) is 15.2. The summed E-state index contributed by atoms with van der Waals surface area (Å²) < 4.78 is 13.3. The van der Waals surface area contributed by atoms with Crippen molar-refractivity contribution in [2.45, 2.75) is 32.4 Å². The van der Waals surface area contributed by atoms with E-state index in [9.17, 15) is 9.50 Å². The minimum atomic E-state index is -0.371. The van der Waals surface area contributed by atoms with Crippen LogP contribution >= 0.6 is 0 Å². The molecule has 118 valence electrons. The molecule has 4 nitrogen and oxygen atoms in total. The number of aliphatic hydroxyl groups is 1. The second-order valence-electron chi connectivity index (χ2n) is 6.21. The summed E-state index contributed by atoms with van der Waals surface area (Å²) in [6.07, 6.45) is 3.14. The van der Waals surface area contributed by atoms with Gasteiger partial charge in [-0.1, -0.05) is 12.1 Å². The van der Waals surface area contributed by atoms with Crippen LogP contribution < -0.4 is 0 Å². The van der Waals surface area contributed by atoms with Gasteiger partial charge in [0.25, 0.3) is 0 Å². The van der Waals surface area contributed by atoms with E-state index in [0.717, 1.165) is 37.2 Å². The van der Waals surface area contributed by atoms with Crippen LogP contribution in [0, 0.1) is 18.7 Å². The molecule has 1 aliphatic rings. The minimum absolute atomic E-state index is 0.198. The van der Waals surface area contributed by atoms with Crippen LogP contribution in [0.25, 0.3) is 0 Å². The lowest BCUT2D eigenvalue weighted by atomic mass is 9.87. The summed E-state index contributed by atoms with van der Waals surface area (Å²) >= 11 is 0. The maximum absolute atomic E-state index is 13.3. The van der Waals surface area contributed by atoms with Gasteiger partial charge in [0, 0.05) is 24.3 Å². The summed E-state index contributed by atoms with van der Waals surface area (Å²) in [6, 6.07) is 6.68. The number of hydrogen-bond acceptors (Lipinski definition) is 3. The van der Waals surface area contributed by atoms with E-state index in [1.807, 2.05) is 19.2 Å². The Hall–Kier alpha value is -1.72. The molecule has 0 radical (unpaired) electrons. The van der Waals surface area contributed by atoms with Gasteiger partial charge in [-0.2, -0.15) is 5.10 Å². The number of nitrogens with one attached hydrogen (secondary N) is 1. The summed E-state index contributed by atoms with van der Waals surface area (Å²) in [6.45, 7) is 4.42. The van der Waals surface area contributed by atoms with Gasteiger partial charge in [0.15, 0.2) is 0 Å². The zero-order valence-corrected chi connectivity index (χ0v) is 12.8. The molecule has 0 spiro atoms. The van der Waals surface area contributed by atoms with Gasteiger partial charge in [-0.05, 0) is 49.9 Å². The third-order valence-corrected chi connectivity index (χ3v) is 4.52. The van der Waals surface area contributed by atoms with Gasteiger partial charge < -0.3 is 5.11 Å². The predicted octanol–water partition coefficient (Wildman–Crippen LogP) is 2.28. The van der Waals surface area contributed by atoms with Crippen molar-refractivity contribution in [2.24, 2.45) is 5.92 Å². The molecule has 1 saturated heterocycles. The van der Waals surface area contributed by atoms with Gasteiger partial charge in [-0.25, -0.2) is 4.39 Å². The first-order chi connectivity index (χ1) is 10.6. The molecular weight excluding hydrogens is 281 g/mol. The Morgan fingerprint density at radius 2 is 2.32 bits per heavy atom. The maximum atomic E-state index is 13.3. The highest BCUT2D eigenvalue weighted by Crippen LogP contribution is 2.24. The number of hydrogen-bond donors (Lipinski definition) is 2. The van der Waals surface area contributed by atoms with Crippen molar-refractivity contribution in [3.63, 3.8) is 0 Å². The van der Waals surface area contributed by atoms with Crippen molar-refractivity contribution >= 4 is 0 Å². The molecule has 1 fully saturated rings. The molecule has 0 bridgehead atoms. The summed E-state index contributed by atoms with van der Waals surface area (Å²) in [4.78, 5) is 2.25. The number of likely N-dealkylation sites (tertiary alicyclic amines) is 1. The SMILES string of the molecule is Cc1[nH]ncc1CN1CC[C@H](Cc2cccc(F)c2)[C@H](O)C1. The Morgan fingerprint density at radius 1 is 1.45 bits per heavy atom. The summed E-state index contributed by atoms with van der Waals surface area (Å²) in [5.41, 5.74) is 3.22. The monoisotopic (exact) mass is 303 g/mol. The molecular formula is C17H22FN3O. The fraction of sp³-hybridized carbons (Fsp3) is 0.471. The van der Waals surface area contributed by atoms with E-state index in [0.29, 0.717) is 6.54 Å². The Balaban J connectivity index is 1.57. The molecule has 1 aromatic carbocycles. The number of halogens is 1. The molecule has 0 aliphatic carbocycles. The van der Waals surface area contributed by atoms with E-state index < -0.39 is 0 Å². The number of aromatic amines is 1. The van der Waals surface area contributed by atoms with Gasteiger partial charge in [0.2, 0.25) is 0 Å². The lowest BCUT2D eigenvalue weighted by Gasteiger charge is -2.36. The van der Waals surface area contributed by atoms with Crippen LogP contribution in [-0.4, -0.2) is 39.4 Å². The standard InChI is InChI=1S/C17H22FN3O/c1-12-15(9-19-20-12)10-21-6-5-14(17(22)11-21)7-13-3-2-4-16(18)8-13/h2-4,8-9,14,17,22H,5-7,10-11H2,1H3,(H,19,20)/t14-,17-/m1/s1. The second-order valence-corrected chi connectivity index (χ2v) is 6.21. The molecule has 5 heteroatoms. The van der Waals surface area contributed by atoms with Crippen LogP contribution in [0.4, 0.5) is 4.39 Å². The van der Waals surface area contributed by atoms with Crippen LogP contribution in [-0.2, 0) is 13.0 Å². The maximum Gasteiger partial charge on any atom is 0.123 e. The molecule has 2 N–H and O–H groups in total. The number of aromatic nitrogens is 2. The average molecular weight is 303 g/mol. The number of aryl methyl sites for hydroxylation is 1. The van der Waals surface area contributed by atoms with E-state index in [2.05, 4.69) is 15.1 Å². The van der Waals surface area contributed by atoms with Gasteiger partial charge in [-0.3, -0.25) is 10.00 Å². The fourth-order valence-electron chi connectivity index (χ4n) is 3.17. The smallest absolute Gasteiger partial charge is 0.123 e. The number of piperidine rings is 1. The van der Waals surface area contributed by atoms with Crippen molar-refractivity contribution < 1.29 is 9.50 Å². The zero-order valence-electron chi connectivity index (χ0n) is 12.8. The van der Waals surface area contributed by atoms with Gasteiger partial charge >= 0.3 is 0 Å². The third kappa shape index (κ3) is 3.54. The Kier molecular flexibility index (Phi) is 4.55. The number of H-pyrrole nitrogens is 1. The molecule has 22 heavy (non-hydrogen) atoms. The molecule has 1 aliphatic heterocycles. The molecule has 2 heterocycles. The molecule has 2 aromatic rings. The molecule has 3 rings (SSSR count). The number of β-amino-alcohol motifs (C(OH)–C–C–N with tert-alkyl or cyclic N) is 1. The third-order valence-electron chi connectivity index (χ3n) is 4.52.